The van der Waals surface area contributed by atoms with Gasteiger partial charge in [-0.2, -0.15) is 5.10 Å². The fourth-order valence-corrected chi connectivity index (χ4v) is 4.29. The van der Waals surface area contributed by atoms with Crippen molar-refractivity contribution in [1.82, 2.24) is 20.0 Å². The van der Waals surface area contributed by atoms with Crippen LogP contribution in [-0.2, 0) is 0 Å². The standard InChI is InChI=1S/C26H32N4O3/c1-19(17-29-13-7-8-14-29)16-27-26(31)25-22(18-30(28-25)21-9-5-4-6-10-21)20-11-12-23(32-2)24(15-20)33-3/h4-6,9-12,15,18-19H,7-8,13-14,16-17H2,1-3H3,(H,27,31). The van der Waals surface area contributed by atoms with E-state index in [2.05, 4.69) is 22.2 Å². The van der Waals surface area contributed by atoms with E-state index < -0.39 is 0 Å². The molecule has 2 aromatic carbocycles. The van der Waals surface area contributed by atoms with Crippen molar-refractivity contribution in [3.8, 4) is 28.3 Å². The molecule has 1 atom stereocenters. The van der Waals surface area contributed by atoms with Gasteiger partial charge in [0.1, 0.15) is 0 Å². The molecule has 1 aliphatic rings. The Morgan fingerprint density at radius 1 is 1.06 bits per heavy atom. The van der Waals surface area contributed by atoms with E-state index in [1.54, 1.807) is 18.9 Å². The molecule has 4 rings (SSSR count). The SMILES string of the molecule is COc1ccc(-c2cn(-c3ccccc3)nc2C(=O)NCC(C)CN2CCCC2)cc1OC. The van der Waals surface area contributed by atoms with Crippen LogP contribution in [-0.4, -0.2) is 61.0 Å². The molecule has 1 N–H and O–H groups in total. The van der Waals surface area contributed by atoms with E-state index in [4.69, 9.17) is 9.47 Å². The van der Waals surface area contributed by atoms with Crippen molar-refractivity contribution in [1.29, 1.82) is 0 Å². The Kier molecular flexibility index (Phi) is 7.29. The summed E-state index contributed by atoms with van der Waals surface area (Å²) in [6.07, 6.45) is 4.43. The van der Waals surface area contributed by atoms with Gasteiger partial charge >= 0.3 is 0 Å². The summed E-state index contributed by atoms with van der Waals surface area (Å²) < 4.78 is 12.6. The van der Waals surface area contributed by atoms with Crippen LogP contribution in [0.1, 0.15) is 30.3 Å². The number of para-hydroxylation sites is 1. The molecule has 7 nitrogen and oxygen atoms in total. The van der Waals surface area contributed by atoms with E-state index in [-0.39, 0.29) is 5.91 Å². The van der Waals surface area contributed by atoms with Gasteiger partial charge in [0, 0.05) is 24.8 Å². The normalized spacial score (nSPS) is 14.8. The third kappa shape index (κ3) is 5.37. The van der Waals surface area contributed by atoms with Gasteiger partial charge in [-0.05, 0) is 61.7 Å². The van der Waals surface area contributed by atoms with Gasteiger partial charge in [-0.25, -0.2) is 4.68 Å². The zero-order chi connectivity index (χ0) is 23.2. The van der Waals surface area contributed by atoms with Crippen molar-refractivity contribution in [3.05, 3.63) is 60.4 Å². The van der Waals surface area contributed by atoms with Crippen LogP contribution < -0.4 is 14.8 Å². The van der Waals surface area contributed by atoms with Crippen molar-refractivity contribution in [2.75, 3.05) is 40.4 Å². The van der Waals surface area contributed by atoms with Crippen LogP contribution in [0.3, 0.4) is 0 Å². The smallest absolute Gasteiger partial charge is 0.272 e. The van der Waals surface area contributed by atoms with Crippen molar-refractivity contribution in [3.63, 3.8) is 0 Å². The molecule has 174 valence electrons. The number of likely N-dealkylation sites (tertiary alicyclic amines) is 1. The number of methoxy groups -OCH3 is 2. The van der Waals surface area contributed by atoms with E-state index in [9.17, 15) is 4.79 Å². The molecule has 1 saturated heterocycles. The summed E-state index contributed by atoms with van der Waals surface area (Å²) in [6.45, 7) is 6.10. The van der Waals surface area contributed by atoms with Gasteiger partial charge in [0.15, 0.2) is 17.2 Å². The maximum Gasteiger partial charge on any atom is 0.272 e. The van der Waals surface area contributed by atoms with Crippen LogP contribution in [0.15, 0.2) is 54.7 Å². The third-order valence-electron chi connectivity index (χ3n) is 6.02. The third-order valence-corrected chi connectivity index (χ3v) is 6.02. The summed E-state index contributed by atoms with van der Waals surface area (Å²) >= 11 is 0. The highest BCUT2D eigenvalue weighted by Gasteiger charge is 2.21. The number of amides is 1. The van der Waals surface area contributed by atoms with E-state index in [1.807, 2.05) is 54.7 Å². The highest BCUT2D eigenvalue weighted by Crippen LogP contribution is 2.34. The number of benzene rings is 2. The number of hydrogen-bond acceptors (Lipinski definition) is 5. The Labute approximate surface area is 195 Å². The zero-order valence-corrected chi connectivity index (χ0v) is 19.6. The van der Waals surface area contributed by atoms with Crippen LogP contribution in [0.5, 0.6) is 11.5 Å². The number of aromatic nitrogens is 2. The Morgan fingerprint density at radius 3 is 2.48 bits per heavy atom. The highest BCUT2D eigenvalue weighted by molar-refractivity contribution is 5.99. The van der Waals surface area contributed by atoms with E-state index in [0.717, 1.165) is 36.4 Å². The number of carbonyl (C=O) groups excluding carboxylic acids is 1. The second-order valence-corrected chi connectivity index (χ2v) is 8.56. The lowest BCUT2D eigenvalue weighted by Crippen LogP contribution is -2.34. The molecule has 1 aliphatic heterocycles. The summed E-state index contributed by atoms with van der Waals surface area (Å²) in [4.78, 5) is 15.7. The lowest BCUT2D eigenvalue weighted by Gasteiger charge is -2.20. The number of nitrogens with one attached hydrogen (secondary N) is 1. The second kappa shape index (κ2) is 10.5. The fraction of sp³-hybridized carbons (Fsp3) is 0.385. The highest BCUT2D eigenvalue weighted by atomic mass is 16.5. The van der Waals surface area contributed by atoms with Crippen molar-refractivity contribution in [2.45, 2.75) is 19.8 Å². The Bertz CT molecular complexity index is 1070. The number of carbonyl (C=O) groups is 1. The molecule has 0 saturated carbocycles. The van der Waals surface area contributed by atoms with Gasteiger partial charge in [0.2, 0.25) is 0 Å². The van der Waals surface area contributed by atoms with Crippen molar-refractivity contribution in [2.24, 2.45) is 5.92 Å². The van der Waals surface area contributed by atoms with E-state index in [0.29, 0.717) is 29.7 Å². The first kappa shape index (κ1) is 22.9. The fourth-order valence-electron chi connectivity index (χ4n) is 4.29. The molecule has 33 heavy (non-hydrogen) atoms. The van der Waals surface area contributed by atoms with Crippen LogP contribution in [0.2, 0.25) is 0 Å². The molecule has 7 heteroatoms. The predicted octanol–water partition coefficient (Wildman–Crippen LogP) is 4.02. The van der Waals surface area contributed by atoms with Gasteiger partial charge in [0.25, 0.3) is 5.91 Å². The topological polar surface area (TPSA) is 68.6 Å². The van der Waals surface area contributed by atoms with E-state index >= 15 is 0 Å². The number of rotatable bonds is 9. The van der Waals surface area contributed by atoms with Crippen molar-refractivity contribution >= 4 is 5.91 Å². The van der Waals surface area contributed by atoms with Gasteiger partial charge < -0.3 is 19.7 Å². The summed E-state index contributed by atoms with van der Waals surface area (Å²) in [5.74, 6) is 1.43. The molecule has 0 radical (unpaired) electrons. The summed E-state index contributed by atoms with van der Waals surface area (Å²) in [5.41, 5.74) is 2.86. The van der Waals surface area contributed by atoms with Crippen molar-refractivity contribution < 1.29 is 14.3 Å². The average Bonchev–Trinajstić information content (AvgIpc) is 3.53. The molecule has 0 bridgehead atoms. The molecular formula is C26H32N4O3. The molecule has 1 amide bonds. The summed E-state index contributed by atoms with van der Waals surface area (Å²) in [5, 5.41) is 7.76. The Balaban J connectivity index is 1.60. The van der Waals surface area contributed by atoms with Gasteiger partial charge in [0.05, 0.1) is 19.9 Å². The Morgan fingerprint density at radius 2 is 1.79 bits per heavy atom. The average molecular weight is 449 g/mol. The second-order valence-electron chi connectivity index (χ2n) is 8.56. The number of hydrogen-bond donors (Lipinski definition) is 1. The van der Waals surface area contributed by atoms with Crippen LogP contribution >= 0.6 is 0 Å². The van der Waals surface area contributed by atoms with Crippen LogP contribution in [0.25, 0.3) is 16.8 Å². The maximum atomic E-state index is 13.2. The minimum absolute atomic E-state index is 0.178. The van der Waals surface area contributed by atoms with E-state index in [1.165, 1.54) is 12.8 Å². The maximum absolute atomic E-state index is 13.2. The van der Waals surface area contributed by atoms with Crippen LogP contribution in [0.4, 0.5) is 0 Å². The Hall–Kier alpha value is -3.32. The van der Waals surface area contributed by atoms with Crippen LogP contribution in [0, 0.1) is 5.92 Å². The molecule has 1 fully saturated rings. The minimum atomic E-state index is -0.178. The predicted molar refractivity (Wildman–Crippen MR) is 129 cm³/mol. The lowest BCUT2D eigenvalue weighted by atomic mass is 10.0. The largest absolute Gasteiger partial charge is 0.493 e. The zero-order valence-electron chi connectivity index (χ0n) is 19.6. The number of ether oxygens (including phenoxy) is 2. The molecule has 0 spiro atoms. The first-order valence-electron chi connectivity index (χ1n) is 11.5. The summed E-state index contributed by atoms with van der Waals surface area (Å²) in [7, 11) is 3.21. The molecule has 2 heterocycles. The molecule has 1 aromatic heterocycles. The lowest BCUT2D eigenvalue weighted by molar-refractivity contribution is 0.0940. The molecule has 3 aromatic rings. The first-order valence-corrected chi connectivity index (χ1v) is 11.5. The molecule has 1 unspecified atom stereocenters. The summed E-state index contributed by atoms with van der Waals surface area (Å²) in [6, 6.07) is 15.4. The first-order chi connectivity index (χ1) is 16.1. The van der Waals surface area contributed by atoms with Gasteiger partial charge in [-0.3, -0.25) is 4.79 Å². The minimum Gasteiger partial charge on any atom is -0.493 e. The van der Waals surface area contributed by atoms with Gasteiger partial charge in [-0.15, -0.1) is 0 Å². The van der Waals surface area contributed by atoms with Gasteiger partial charge in [-0.1, -0.05) is 31.2 Å². The quantitative estimate of drug-likeness (QED) is 0.536. The molecular weight excluding hydrogens is 416 g/mol. The molecule has 0 aliphatic carbocycles. The number of nitrogens with zero attached hydrogens (tertiary/aromatic N) is 3. The monoisotopic (exact) mass is 448 g/mol.